The second-order valence-corrected chi connectivity index (χ2v) is 6.96. The highest BCUT2D eigenvalue weighted by Crippen LogP contribution is 2.34. The first-order valence-electron chi connectivity index (χ1n) is 7.15. The Hall–Kier alpha value is -2.06. The zero-order chi connectivity index (χ0) is 18.2. The van der Waals surface area contributed by atoms with Crippen LogP contribution in [0.15, 0.2) is 47.8 Å². The second kappa shape index (κ2) is 6.68. The van der Waals surface area contributed by atoms with Crippen molar-refractivity contribution in [3.8, 4) is 0 Å². The molecular weight excluding hydrogens is 375 g/mol. The van der Waals surface area contributed by atoms with E-state index in [1.165, 1.54) is 0 Å². The number of pyridine rings is 1. The molecule has 0 radical (unpaired) electrons. The van der Waals surface area contributed by atoms with Gasteiger partial charge in [-0.15, -0.1) is 10.2 Å². The zero-order valence-electron chi connectivity index (χ0n) is 12.8. The molecule has 2 heterocycles. The summed E-state index contributed by atoms with van der Waals surface area (Å²) in [5, 5.41) is 7.13. The van der Waals surface area contributed by atoms with Gasteiger partial charge in [-0.3, -0.25) is 9.20 Å². The monoisotopic (exact) mass is 385 g/mol. The van der Waals surface area contributed by atoms with E-state index in [0.29, 0.717) is 5.56 Å². The summed E-state index contributed by atoms with van der Waals surface area (Å²) in [6.45, 7) is 1.66. The largest absolute Gasteiger partial charge is 0.417 e. The van der Waals surface area contributed by atoms with Crippen LogP contribution in [-0.2, 0) is 6.18 Å². The minimum atomic E-state index is -4.55. The lowest BCUT2D eigenvalue weighted by Gasteiger charge is -2.11. The number of carbonyl (C=O) groups excluding carboxylic acids is 1. The molecule has 1 atom stereocenters. The SMILES string of the molecule is C[C@@H](Sc1nnc2c(Cl)cc(C(F)(F)F)cn12)C(=O)c1ccccc1. The topological polar surface area (TPSA) is 47.3 Å². The fourth-order valence-corrected chi connectivity index (χ4v) is 3.36. The smallest absolute Gasteiger partial charge is 0.293 e. The third kappa shape index (κ3) is 3.64. The van der Waals surface area contributed by atoms with E-state index in [1.54, 1.807) is 37.3 Å². The average molecular weight is 386 g/mol. The van der Waals surface area contributed by atoms with Gasteiger partial charge in [-0.2, -0.15) is 13.2 Å². The van der Waals surface area contributed by atoms with Crippen molar-refractivity contribution in [1.29, 1.82) is 0 Å². The van der Waals surface area contributed by atoms with Crippen LogP contribution in [0.2, 0.25) is 5.02 Å². The van der Waals surface area contributed by atoms with Crippen molar-refractivity contribution in [1.82, 2.24) is 14.6 Å². The van der Waals surface area contributed by atoms with Gasteiger partial charge in [-0.05, 0) is 13.0 Å². The molecule has 0 saturated carbocycles. The van der Waals surface area contributed by atoms with Gasteiger partial charge in [0.25, 0.3) is 0 Å². The summed E-state index contributed by atoms with van der Waals surface area (Å²) < 4.78 is 40.1. The number of halogens is 4. The van der Waals surface area contributed by atoms with Gasteiger partial charge in [0, 0.05) is 11.8 Å². The van der Waals surface area contributed by atoms with Crippen LogP contribution in [0.5, 0.6) is 0 Å². The predicted molar refractivity (Wildman–Crippen MR) is 89.1 cm³/mol. The molecule has 2 aromatic heterocycles. The Morgan fingerprint density at radius 1 is 1.24 bits per heavy atom. The summed E-state index contributed by atoms with van der Waals surface area (Å²) in [7, 11) is 0. The van der Waals surface area contributed by atoms with Crippen LogP contribution < -0.4 is 0 Å². The van der Waals surface area contributed by atoms with Crippen molar-refractivity contribution >= 4 is 34.8 Å². The van der Waals surface area contributed by atoms with Gasteiger partial charge in [0.1, 0.15) is 0 Å². The Balaban J connectivity index is 1.94. The van der Waals surface area contributed by atoms with Crippen LogP contribution in [-0.4, -0.2) is 25.6 Å². The molecule has 0 fully saturated rings. The molecule has 0 spiro atoms. The van der Waals surface area contributed by atoms with Crippen LogP contribution >= 0.6 is 23.4 Å². The fourth-order valence-electron chi connectivity index (χ4n) is 2.22. The molecule has 9 heteroatoms. The molecule has 0 amide bonds. The third-order valence-corrected chi connectivity index (χ3v) is 4.80. The maximum Gasteiger partial charge on any atom is 0.417 e. The number of carbonyl (C=O) groups is 1. The highest BCUT2D eigenvalue weighted by Gasteiger charge is 2.32. The van der Waals surface area contributed by atoms with Crippen molar-refractivity contribution in [2.24, 2.45) is 0 Å². The van der Waals surface area contributed by atoms with Crippen LogP contribution in [0.1, 0.15) is 22.8 Å². The van der Waals surface area contributed by atoms with E-state index >= 15 is 0 Å². The van der Waals surface area contributed by atoms with Gasteiger partial charge in [-0.1, -0.05) is 53.7 Å². The van der Waals surface area contributed by atoms with E-state index in [0.717, 1.165) is 28.4 Å². The Bertz CT molecular complexity index is 928. The lowest BCUT2D eigenvalue weighted by Crippen LogP contribution is -2.14. The number of Topliss-reactive ketones (excluding diaryl/α,β-unsaturated/α-hetero) is 1. The number of hydrogen-bond acceptors (Lipinski definition) is 4. The molecular formula is C16H11ClF3N3OS. The van der Waals surface area contributed by atoms with E-state index in [4.69, 9.17) is 11.6 Å². The number of alkyl halides is 3. The molecule has 3 aromatic rings. The van der Waals surface area contributed by atoms with Crippen molar-refractivity contribution in [2.75, 3.05) is 0 Å². The number of benzene rings is 1. The average Bonchev–Trinajstić information content (AvgIpc) is 2.97. The molecule has 3 rings (SSSR count). The molecule has 1 aromatic carbocycles. The Morgan fingerprint density at radius 2 is 1.92 bits per heavy atom. The van der Waals surface area contributed by atoms with Gasteiger partial charge in [0.2, 0.25) is 0 Å². The van der Waals surface area contributed by atoms with E-state index in [2.05, 4.69) is 10.2 Å². The van der Waals surface area contributed by atoms with Crippen molar-refractivity contribution in [3.05, 3.63) is 58.7 Å². The van der Waals surface area contributed by atoms with Gasteiger partial charge in [-0.25, -0.2) is 0 Å². The summed E-state index contributed by atoms with van der Waals surface area (Å²) >= 11 is 6.90. The molecule has 4 nitrogen and oxygen atoms in total. The summed E-state index contributed by atoms with van der Waals surface area (Å²) in [6.07, 6.45) is -3.67. The number of thioether (sulfide) groups is 1. The first kappa shape index (κ1) is 17.8. The number of rotatable bonds is 4. The van der Waals surface area contributed by atoms with Crippen molar-refractivity contribution < 1.29 is 18.0 Å². The minimum absolute atomic E-state index is 0.108. The van der Waals surface area contributed by atoms with Gasteiger partial charge >= 0.3 is 6.18 Å². The molecule has 0 saturated heterocycles. The number of hydrogen-bond donors (Lipinski definition) is 0. The van der Waals surface area contributed by atoms with Crippen LogP contribution in [0.4, 0.5) is 13.2 Å². The van der Waals surface area contributed by atoms with Crippen molar-refractivity contribution in [3.63, 3.8) is 0 Å². The Morgan fingerprint density at radius 3 is 2.56 bits per heavy atom. The summed E-state index contributed by atoms with van der Waals surface area (Å²) in [5.41, 5.74) is -0.282. The van der Waals surface area contributed by atoms with Crippen LogP contribution in [0.25, 0.3) is 5.65 Å². The number of aromatic nitrogens is 3. The fraction of sp³-hybridized carbons (Fsp3) is 0.188. The standard InChI is InChI=1S/C16H11ClF3N3OS/c1-9(13(24)10-5-3-2-4-6-10)25-15-22-21-14-12(17)7-11(8-23(14)15)16(18,19)20/h2-9H,1H3/t9-/m1/s1. The highest BCUT2D eigenvalue weighted by atomic mass is 35.5. The number of fused-ring (bicyclic) bond motifs is 1. The van der Waals surface area contributed by atoms with Crippen molar-refractivity contribution in [2.45, 2.75) is 23.5 Å². The maximum absolute atomic E-state index is 13.0. The predicted octanol–water partition coefficient (Wildman–Crippen LogP) is 4.77. The normalized spacial score (nSPS) is 13.2. The lowest BCUT2D eigenvalue weighted by molar-refractivity contribution is -0.137. The zero-order valence-corrected chi connectivity index (χ0v) is 14.4. The Labute approximate surface area is 150 Å². The van der Waals surface area contributed by atoms with E-state index < -0.39 is 17.0 Å². The van der Waals surface area contributed by atoms with E-state index in [9.17, 15) is 18.0 Å². The summed E-state index contributed by atoms with van der Waals surface area (Å²) in [4.78, 5) is 12.4. The molecule has 0 aliphatic rings. The third-order valence-electron chi connectivity index (χ3n) is 3.47. The first-order valence-corrected chi connectivity index (χ1v) is 8.40. The van der Waals surface area contributed by atoms with Gasteiger partial charge < -0.3 is 0 Å². The molecule has 0 N–H and O–H groups in total. The molecule has 25 heavy (non-hydrogen) atoms. The van der Waals surface area contributed by atoms with Crippen LogP contribution in [0, 0.1) is 0 Å². The number of ketones is 1. The van der Waals surface area contributed by atoms with E-state index in [-0.39, 0.29) is 21.6 Å². The van der Waals surface area contributed by atoms with Gasteiger partial charge in [0.05, 0.1) is 15.8 Å². The summed E-state index contributed by atoms with van der Waals surface area (Å²) in [5.74, 6) is -0.152. The maximum atomic E-state index is 13.0. The van der Waals surface area contributed by atoms with E-state index in [1.807, 2.05) is 0 Å². The molecule has 0 aliphatic carbocycles. The lowest BCUT2D eigenvalue weighted by atomic mass is 10.1. The molecule has 0 unspecified atom stereocenters. The van der Waals surface area contributed by atoms with Crippen LogP contribution in [0.3, 0.4) is 0 Å². The molecule has 0 bridgehead atoms. The highest BCUT2D eigenvalue weighted by molar-refractivity contribution is 8.00. The molecule has 130 valence electrons. The summed E-state index contributed by atoms with van der Waals surface area (Å²) in [6, 6.07) is 9.44. The minimum Gasteiger partial charge on any atom is -0.293 e. The molecule has 0 aliphatic heterocycles. The first-order chi connectivity index (χ1) is 11.8. The number of nitrogens with zero attached hydrogens (tertiary/aromatic N) is 3. The van der Waals surface area contributed by atoms with Gasteiger partial charge in [0.15, 0.2) is 16.6 Å². The quantitative estimate of drug-likeness (QED) is 0.479. The Kier molecular flexibility index (Phi) is 4.75. The second-order valence-electron chi connectivity index (χ2n) is 5.24.